The first kappa shape index (κ1) is 11.3. The predicted molar refractivity (Wildman–Crippen MR) is 55.3 cm³/mol. The molecule has 14 heavy (non-hydrogen) atoms. The van der Waals surface area contributed by atoms with Crippen molar-refractivity contribution in [3.05, 3.63) is 0 Å². The first-order valence-electron chi connectivity index (χ1n) is 5.21. The molecule has 2 amide bonds. The second-order valence-corrected chi connectivity index (χ2v) is 3.90. The molecule has 4 heteroatoms. The number of rotatable bonds is 4. The van der Waals surface area contributed by atoms with E-state index in [9.17, 15) is 4.79 Å². The van der Waals surface area contributed by atoms with Crippen LogP contribution in [0.1, 0.15) is 20.3 Å². The number of nitrogens with zero attached hydrogens (tertiary/aromatic N) is 2. The highest BCUT2D eigenvalue weighted by molar-refractivity contribution is 5.75. The summed E-state index contributed by atoms with van der Waals surface area (Å²) in [6.07, 6.45) is 1.06. The average Bonchev–Trinajstić information content (AvgIpc) is 2.16. The van der Waals surface area contributed by atoms with Crippen molar-refractivity contribution in [2.45, 2.75) is 26.3 Å². The fraction of sp³-hybridized carbons (Fsp3) is 0.900. The van der Waals surface area contributed by atoms with Crippen molar-refractivity contribution in [3.63, 3.8) is 0 Å². The third kappa shape index (κ3) is 2.61. The van der Waals surface area contributed by atoms with Gasteiger partial charge in [0.1, 0.15) is 0 Å². The molecule has 1 heterocycles. The molecular formula is C10H20N2O2. The highest BCUT2D eigenvalue weighted by Crippen LogP contribution is 2.11. The number of amides is 2. The Balaban J connectivity index is 2.48. The molecule has 0 N–H and O–H groups in total. The van der Waals surface area contributed by atoms with Crippen LogP contribution in [-0.4, -0.2) is 55.2 Å². The third-order valence-corrected chi connectivity index (χ3v) is 2.53. The zero-order valence-corrected chi connectivity index (χ0v) is 9.32. The second-order valence-electron chi connectivity index (χ2n) is 3.90. The van der Waals surface area contributed by atoms with Crippen molar-refractivity contribution < 1.29 is 9.53 Å². The van der Waals surface area contributed by atoms with E-state index in [0.717, 1.165) is 19.5 Å². The van der Waals surface area contributed by atoms with Gasteiger partial charge in [0, 0.05) is 32.8 Å². The average molecular weight is 200 g/mol. The molecule has 0 spiro atoms. The van der Waals surface area contributed by atoms with Gasteiger partial charge < -0.3 is 14.5 Å². The van der Waals surface area contributed by atoms with Crippen LogP contribution in [0.4, 0.5) is 4.79 Å². The molecule has 1 aliphatic rings. The van der Waals surface area contributed by atoms with Crippen LogP contribution in [0.3, 0.4) is 0 Å². The maximum absolute atomic E-state index is 11.9. The lowest BCUT2D eigenvalue weighted by Crippen LogP contribution is -2.52. The quantitative estimate of drug-likeness (QED) is 0.682. The summed E-state index contributed by atoms with van der Waals surface area (Å²) in [6.45, 7) is 7.19. The molecule has 0 aromatic heterocycles. The highest BCUT2D eigenvalue weighted by Gasteiger charge is 2.26. The molecule has 0 aromatic carbocycles. The molecule has 1 saturated heterocycles. The minimum Gasteiger partial charge on any atom is -0.383 e. The van der Waals surface area contributed by atoms with Gasteiger partial charge >= 0.3 is 6.03 Å². The van der Waals surface area contributed by atoms with E-state index < -0.39 is 0 Å². The Bertz CT molecular complexity index is 195. The number of hydrogen-bond donors (Lipinski definition) is 0. The molecule has 0 saturated carbocycles. The van der Waals surface area contributed by atoms with Crippen LogP contribution in [0, 0.1) is 0 Å². The third-order valence-electron chi connectivity index (χ3n) is 2.53. The van der Waals surface area contributed by atoms with Gasteiger partial charge in [-0.2, -0.15) is 0 Å². The maximum atomic E-state index is 11.9. The van der Waals surface area contributed by atoms with Gasteiger partial charge in [-0.05, 0) is 20.3 Å². The van der Waals surface area contributed by atoms with Crippen molar-refractivity contribution in [3.8, 4) is 0 Å². The Morgan fingerprint density at radius 2 is 2.14 bits per heavy atom. The topological polar surface area (TPSA) is 32.8 Å². The van der Waals surface area contributed by atoms with Gasteiger partial charge in [-0.1, -0.05) is 0 Å². The SMILES string of the molecule is COCCN1CCCN(C(C)C)C1=O. The van der Waals surface area contributed by atoms with Crippen molar-refractivity contribution in [2.75, 3.05) is 33.4 Å². The standard InChI is InChI=1S/C10H20N2O2/c1-9(2)12-6-4-5-11(10(12)13)7-8-14-3/h9H,4-8H2,1-3H3. The largest absolute Gasteiger partial charge is 0.383 e. The Hall–Kier alpha value is -0.770. The molecule has 0 unspecified atom stereocenters. The van der Waals surface area contributed by atoms with E-state index in [-0.39, 0.29) is 6.03 Å². The summed E-state index contributed by atoms with van der Waals surface area (Å²) in [5, 5.41) is 0. The van der Waals surface area contributed by atoms with E-state index in [1.807, 2.05) is 9.80 Å². The van der Waals surface area contributed by atoms with Crippen LogP contribution in [0.2, 0.25) is 0 Å². The summed E-state index contributed by atoms with van der Waals surface area (Å²) in [6, 6.07) is 0.455. The zero-order valence-electron chi connectivity index (χ0n) is 9.32. The van der Waals surface area contributed by atoms with Crippen LogP contribution in [0.5, 0.6) is 0 Å². The first-order chi connectivity index (χ1) is 6.66. The second kappa shape index (κ2) is 5.20. The van der Waals surface area contributed by atoms with E-state index in [4.69, 9.17) is 4.74 Å². The number of ether oxygens (including phenoxy) is 1. The van der Waals surface area contributed by atoms with Gasteiger partial charge in [-0.25, -0.2) is 4.79 Å². The number of carbonyl (C=O) groups excluding carboxylic acids is 1. The molecule has 1 aliphatic heterocycles. The number of carbonyl (C=O) groups is 1. The van der Waals surface area contributed by atoms with E-state index in [1.54, 1.807) is 7.11 Å². The zero-order chi connectivity index (χ0) is 10.6. The lowest BCUT2D eigenvalue weighted by molar-refractivity contribution is 0.0960. The lowest BCUT2D eigenvalue weighted by Gasteiger charge is -2.37. The fourth-order valence-corrected chi connectivity index (χ4v) is 1.69. The lowest BCUT2D eigenvalue weighted by atomic mass is 10.2. The Morgan fingerprint density at radius 1 is 1.43 bits per heavy atom. The summed E-state index contributed by atoms with van der Waals surface area (Å²) >= 11 is 0. The minimum absolute atomic E-state index is 0.156. The van der Waals surface area contributed by atoms with Gasteiger partial charge in [-0.3, -0.25) is 0 Å². The summed E-state index contributed by atoms with van der Waals surface area (Å²) in [4.78, 5) is 15.7. The summed E-state index contributed by atoms with van der Waals surface area (Å²) < 4.78 is 4.98. The number of methoxy groups -OCH3 is 1. The molecule has 0 aliphatic carbocycles. The fourth-order valence-electron chi connectivity index (χ4n) is 1.69. The number of hydrogen-bond acceptors (Lipinski definition) is 2. The molecule has 82 valence electrons. The van der Waals surface area contributed by atoms with Gasteiger partial charge in [-0.15, -0.1) is 0 Å². The van der Waals surface area contributed by atoms with E-state index >= 15 is 0 Å². The highest BCUT2D eigenvalue weighted by atomic mass is 16.5. The molecular weight excluding hydrogens is 180 g/mol. The predicted octanol–water partition coefficient (Wildman–Crippen LogP) is 1.17. The monoisotopic (exact) mass is 200 g/mol. The van der Waals surface area contributed by atoms with E-state index in [0.29, 0.717) is 19.2 Å². The Labute approximate surface area is 85.8 Å². The van der Waals surface area contributed by atoms with Gasteiger partial charge in [0.2, 0.25) is 0 Å². The van der Waals surface area contributed by atoms with E-state index in [2.05, 4.69) is 13.8 Å². The molecule has 1 rings (SSSR count). The first-order valence-corrected chi connectivity index (χ1v) is 5.21. The van der Waals surface area contributed by atoms with Crippen LogP contribution in [0.15, 0.2) is 0 Å². The summed E-state index contributed by atoms with van der Waals surface area (Å²) in [7, 11) is 1.66. The van der Waals surface area contributed by atoms with Crippen molar-refractivity contribution in [1.29, 1.82) is 0 Å². The Morgan fingerprint density at radius 3 is 2.71 bits per heavy atom. The number of urea groups is 1. The Kier molecular flexibility index (Phi) is 4.20. The molecule has 0 atom stereocenters. The molecule has 4 nitrogen and oxygen atoms in total. The van der Waals surface area contributed by atoms with E-state index in [1.165, 1.54) is 0 Å². The van der Waals surface area contributed by atoms with Gasteiger partial charge in [0.15, 0.2) is 0 Å². The van der Waals surface area contributed by atoms with Crippen molar-refractivity contribution in [2.24, 2.45) is 0 Å². The smallest absolute Gasteiger partial charge is 0.320 e. The maximum Gasteiger partial charge on any atom is 0.320 e. The van der Waals surface area contributed by atoms with Crippen LogP contribution >= 0.6 is 0 Å². The summed E-state index contributed by atoms with van der Waals surface area (Å²) in [5.74, 6) is 0. The van der Waals surface area contributed by atoms with Crippen LogP contribution in [0.25, 0.3) is 0 Å². The van der Waals surface area contributed by atoms with Crippen molar-refractivity contribution in [1.82, 2.24) is 9.80 Å². The van der Waals surface area contributed by atoms with Crippen molar-refractivity contribution >= 4 is 6.03 Å². The molecule has 0 bridgehead atoms. The van der Waals surface area contributed by atoms with Gasteiger partial charge in [0.05, 0.1) is 6.61 Å². The molecule has 0 radical (unpaired) electrons. The van der Waals surface area contributed by atoms with Crippen LogP contribution < -0.4 is 0 Å². The minimum atomic E-state index is 0.156. The normalized spacial score (nSPS) is 18.1. The molecule has 0 aromatic rings. The van der Waals surface area contributed by atoms with Gasteiger partial charge in [0.25, 0.3) is 0 Å². The summed E-state index contributed by atoms with van der Waals surface area (Å²) in [5.41, 5.74) is 0. The van der Waals surface area contributed by atoms with Crippen LogP contribution in [-0.2, 0) is 4.74 Å². The molecule has 1 fully saturated rings.